The Morgan fingerprint density at radius 1 is 1.52 bits per heavy atom. The van der Waals surface area contributed by atoms with E-state index in [4.69, 9.17) is 16.3 Å². The number of nitro groups is 1. The molecule has 0 aliphatic rings. The van der Waals surface area contributed by atoms with Gasteiger partial charge in [-0.15, -0.1) is 0 Å². The van der Waals surface area contributed by atoms with Gasteiger partial charge in [-0.2, -0.15) is 5.10 Å². The lowest BCUT2D eigenvalue weighted by Gasteiger charge is -2.10. The minimum atomic E-state index is -0.526. The predicted octanol–water partition coefficient (Wildman–Crippen LogP) is 2.80. The molecule has 0 fully saturated rings. The van der Waals surface area contributed by atoms with Gasteiger partial charge in [0.25, 0.3) is 0 Å². The quantitative estimate of drug-likeness (QED) is 0.678. The molecule has 0 saturated carbocycles. The lowest BCUT2D eigenvalue weighted by Crippen LogP contribution is -2.07. The molecule has 1 N–H and O–H groups in total. The van der Waals surface area contributed by atoms with E-state index in [0.29, 0.717) is 12.4 Å². The molecule has 0 atom stereocenters. The number of rotatable bonds is 5. The summed E-state index contributed by atoms with van der Waals surface area (Å²) < 4.78 is 7.26. The van der Waals surface area contributed by atoms with E-state index in [0.717, 1.165) is 11.3 Å². The molecule has 7 nitrogen and oxygen atoms in total. The Balaban J connectivity index is 2.50. The summed E-state index contributed by atoms with van der Waals surface area (Å²) >= 11 is 6.04. The van der Waals surface area contributed by atoms with Gasteiger partial charge in [-0.1, -0.05) is 17.7 Å². The average molecular weight is 311 g/mol. The highest BCUT2D eigenvalue weighted by atomic mass is 35.5. The van der Waals surface area contributed by atoms with Gasteiger partial charge in [0, 0.05) is 19.7 Å². The second-order valence-electron chi connectivity index (χ2n) is 4.47. The third-order valence-corrected chi connectivity index (χ3v) is 3.28. The van der Waals surface area contributed by atoms with Crippen molar-refractivity contribution >= 4 is 17.3 Å². The highest BCUT2D eigenvalue weighted by molar-refractivity contribution is 6.32. The van der Waals surface area contributed by atoms with Crippen molar-refractivity contribution in [1.29, 1.82) is 0 Å². The Morgan fingerprint density at radius 2 is 2.24 bits per heavy atom. The second-order valence-corrected chi connectivity index (χ2v) is 4.88. The average Bonchev–Trinajstić information content (AvgIpc) is 2.68. The summed E-state index contributed by atoms with van der Waals surface area (Å²) in [6, 6.07) is 4.41. The first kappa shape index (κ1) is 15.3. The molecule has 21 heavy (non-hydrogen) atoms. The molecule has 0 bridgehead atoms. The number of aromatic nitrogens is 2. The van der Waals surface area contributed by atoms with E-state index in [1.807, 2.05) is 6.92 Å². The van der Waals surface area contributed by atoms with Gasteiger partial charge in [0.15, 0.2) is 0 Å². The first-order valence-corrected chi connectivity index (χ1v) is 6.61. The van der Waals surface area contributed by atoms with Crippen LogP contribution in [0, 0.1) is 17.0 Å². The number of ether oxygens (including phenoxy) is 1. The van der Waals surface area contributed by atoms with Gasteiger partial charge in [0.05, 0.1) is 21.2 Å². The van der Waals surface area contributed by atoms with Crippen LogP contribution in [0.15, 0.2) is 18.2 Å². The van der Waals surface area contributed by atoms with Crippen molar-refractivity contribution < 1.29 is 9.66 Å². The highest BCUT2D eigenvalue weighted by Gasteiger charge is 2.23. The van der Waals surface area contributed by atoms with Crippen LogP contribution in [0.2, 0.25) is 5.02 Å². The maximum absolute atomic E-state index is 11.1. The smallest absolute Gasteiger partial charge is 0.313 e. The molecule has 1 aromatic heterocycles. The molecule has 1 aromatic carbocycles. The molecule has 2 rings (SSSR count). The first-order valence-electron chi connectivity index (χ1n) is 6.23. The van der Waals surface area contributed by atoms with Crippen LogP contribution < -0.4 is 10.1 Å². The third-order valence-electron chi connectivity index (χ3n) is 2.98. The maximum atomic E-state index is 11.1. The van der Waals surface area contributed by atoms with Crippen LogP contribution >= 0.6 is 11.6 Å². The molecular weight excluding hydrogens is 296 g/mol. The van der Waals surface area contributed by atoms with Crippen molar-refractivity contribution in [3.63, 3.8) is 0 Å². The summed E-state index contributed by atoms with van der Waals surface area (Å²) in [6.45, 7) is 2.38. The van der Waals surface area contributed by atoms with E-state index in [9.17, 15) is 10.1 Å². The Morgan fingerprint density at radius 3 is 2.86 bits per heavy atom. The largest absolute Gasteiger partial charge is 0.430 e. The fraction of sp³-hybridized carbons (Fsp3) is 0.308. The minimum Gasteiger partial charge on any atom is -0.430 e. The number of hydrogen-bond donors (Lipinski definition) is 1. The summed E-state index contributed by atoms with van der Waals surface area (Å²) in [7, 11) is 3.51. The van der Waals surface area contributed by atoms with Crippen molar-refractivity contribution in [2.45, 2.75) is 13.5 Å². The molecule has 0 saturated heterocycles. The SMILES string of the molecule is CNCc1c(C)nn(C)c1Oc1c(Cl)cccc1[N+](=O)[O-]. The molecule has 0 aliphatic heterocycles. The Hall–Kier alpha value is -2.12. The molecule has 112 valence electrons. The van der Waals surface area contributed by atoms with Gasteiger partial charge >= 0.3 is 5.69 Å². The van der Waals surface area contributed by atoms with Crippen molar-refractivity contribution in [3.05, 3.63) is 44.6 Å². The molecule has 0 unspecified atom stereocenters. The normalized spacial score (nSPS) is 10.7. The van der Waals surface area contributed by atoms with E-state index in [1.165, 1.54) is 16.8 Å². The molecule has 0 radical (unpaired) electrons. The van der Waals surface area contributed by atoms with Crippen LogP contribution in [0.4, 0.5) is 5.69 Å². The van der Waals surface area contributed by atoms with Crippen LogP contribution in [-0.4, -0.2) is 21.8 Å². The van der Waals surface area contributed by atoms with Gasteiger partial charge in [0.2, 0.25) is 11.6 Å². The van der Waals surface area contributed by atoms with Crippen molar-refractivity contribution in [2.24, 2.45) is 7.05 Å². The zero-order chi connectivity index (χ0) is 15.6. The number of nitrogens with one attached hydrogen (secondary N) is 1. The van der Waals surface area contributed by atoms with Crippen molar-refractivity contribution in [2.75, 3.05) is 7.05 Å². The zero-order valence-electron chi connectivity index (χ0n) is 11.9. The minimum absolute atomic E-state index is 0.0181. The second kappa shape index (κ2) is 6.11. The molecule has 1 heterocycles. The number of nitrogens with zero attached hydrogens (tertiary/aromatic N) is 3. The van der Waals surface area contributed by atoms with Gasteiger partial charge in [-0.25, -0.2) is 4.68 Å². The fourth-order valence-electron chi connectivity index (χ4n) is 2.03. The fourth-order valence-corrected chi connectivity index (χ4v) is 2.24. The van der Waals surface area contributed by atoms with E-state index >= 15 is 0 Å². The van der Waals surface area contributed by atoms with Gasteiger partial charge < -0.3 is 10.1 Å². The number of halogens is 1. The number of nitro benzene ring substituents is 1. The Bertz CT molecular complexity index is 684. The molecule has 0 aliphatic carbocycles. The third kappa shape index (κ3) is 2.98. The Labute approximate surface area is 126 Å². The topological polar surface area (TPSA) is 82.2 Å². The van der Waals surface area contributed by atoms with Crippen molar-refractivity contribution in [3.8, 4) is 11.6 Å². The van der Waals surface area contributed by atoms with E-state index < -0.39 is 4.92 Å². The molecular formula is C13H15ClN4O3. The van der Waals surface area contributed by atoms with Crippen LogP contribution in [0.25, 0.3) is 0 Å². The highest BCUT2D eigenvalue weighted by Crippen LogP contribution is 2.39. The van der Waals surface area contributed by atoms with Gasteiger partial charge in [0.1, 0.15) is 0 Å². The van der Waals surface area contributed by atoms with Crippen LogP contribution in [0.5, 0.6) is 11.6 Å². The lowest BCUT2D eigenvalue weighted by molar-refractivity contribution is -0.385. The molecule has 0 amide bonds. The van der Waals surface area contributed by atoms with E-state index in [2.05, 4.69) is 10.4 Å². The molecule has 0 spiro atoms. The number of hydrogen-bond acceptors (Lipinski definition) is 5. The van der Waals surface area contributed by atoms with Crippen molar-refractivity contribution in [1.82, 2.24) is 15.1 Å². The monoisotopic (exact) mass is 310 g/mol. The molecule has 8 heteroatoms. The standard InChI is InChI=1S/C13H15ClN4O3/c1-8-9(7-15-2)13(17(3)16-8)21-12-10(14)5-4-6-11(12)18(19)20/h4-6,15H,7H2,1-3H3. The summed E-state index contributed by atoms with van der Waals surface area (Å²) in [5.41, 5.74) is 1.43. The first-order chi connectivity index (χ1) is 9.95. The number of benzene rings is 1. The summed E-state index contributed by atoms with van der Waals surface area (Å²) in [6.07, 6.45) is 0. The van der Waals surface area contributed by atoms with Gasteiger partial charge in [-0.05, 0) is 20.0 Å². The summed E-state index contributed by atoms with van der Waals surface area (Å²) in [5, 5.41) is 18.6. The predicted molar refractivity (Wildman–Crippen MR) is 78.9 cm³/mol. The maximum Gasteiger partial charge on any atom is 0.313 e. The van der Waals surface area contributed by atoms with Gasteiger partial charge in [-0.3, -0.25) is 10.1 Å². The number of para-hydroxylation sites is 1. The van der Waals surface area contributed by atoms with Crippen LogP contribution in [-0.2, 0) is 13.6 Å². The van der Waals surface area contributed by atoms with E-state index in [1.54, 1.807) is 20.2 Å². The Kier molecular flexibility index (Phi) is 4.44. The van der Waals surface area contributed by atoms with Crippen LogP contribution in [0.1, 0.15) is 11.3 Å². The molecule has 2 aromatic rings. The summed E-state index contributed by atoms with van der Waals surface area (Å²) in [4.78, 5) is 10.6. The lowest BCUT2D eigenvalue weighted by atomic mass is 10.2. The van der Waals surface area contributed by atoms with E-state index in [-0.39, 0.29) is 16.5 Å². The van der Waals surface area contributed by atoms with Crippen LogP contribution in [0.3, 0.4) is 0 Å². The zero-order valence-corrected chi connectivity index (χ0v) is 12.6. The number of aryl methyl sites for hydroxylation is 2. The summed E-state index contributed by atoms with van der Waals surface area (Å²) in [5.74, 6) is 0.447.